The second-order valence-corrected chi connectivity index (χ2v) is 5.07. The molecule has 1 N–H and O–H groups in total. The smallest absolute Gasteiger partial charge is 0.249 e. The van der Waals surface area contributed by atoms with E-state index in [0.29, 0.717) is 6.61 Å². The predicted molar refractivity (Wildman–Crippen MR) is 73.3 cm³/mol. The van der Waals surface area contributed by atoms with Crippen molar-refractivity contribution in [1.82, 2.24) is 0 Å². The normalized spacial score (nSPS) is 17.1. The first kappa shape index (κ1) is 12.7. The molecule has 1 heterocycles. The lowest BCUT2D eigenvalue weighted by atomic mass is 9.97. The maximum absolute atomic E-state index is 12.1. The van der Waals surface area contributed by atoms with Crippen molar-refractivity contribution in [2.24, 2.45) is 0 Å². The number of hydrogen-bond donors (Lipinski definition) is 1. The van der Waals surface area contributed by atoms with Crippen LogP contribution in [0.4, 0.5) is 11.4 Å². The summed E-state index contributed by atoms with van der Waals surface area (Å²) in [6, 6.07) is 5.84. The molecule has 98 valence electrons. The molecule has 0 saturated heterocycles. The Morgan fingerprint density at radius 3 is 2.78 bits per heavy atom. The van der Waals surface area contributed by atoms with Crippen molar-refractivity contribution < 1.29 is 9.53 Å². The number of para-hydroxylation sites is 1. The Hall–Kier alpha value is -1.71. The highest BCUT2D eigenvalue weighted by Gasteiger charge is 2.38. The summed E-state index contributed by atoms with van der Waals surface area (Å²) in [7, 11) is 1.93. The van der Waals surface area contributed by atoms with E-state index >= 15 is 0 Å². The second-order valence-electron chi connectivity index (χ2n) is 5.07. The first-order valence-corrected chi connectivity index (χ1v) is 6.29. The first-order chi connectivity index (χ1) is 8.48. The van der Waals surface area contributed by atoms with Crippen molar-refractivity contribution >= 4 is 17.3 Å². The molecule has 0 fully saturated rings. The standard InChI is InChI=1S/C14H20N2O2/c1-5-9-18-11-8-6-7-10-12(11)15-13(17)14(2,3)16(10)4/h6-8H,5,9H2,1-4H3,(H,15,17). The molecule has 0 spiro atoms. The summed E-state index contributed by atoms with van der Waals surface area (Å²) in [4.78, 5) is 14.1. The molecule has 0 atom stereocenters. The van der Waals surface area contributed by atoms with Gasteiger partial charge in [0.15, 0.2) is 0 Å². The number of anilines is 2. The number of ether oxygens (including phenoxy) is 1. The predicted octanol–water partition coefficient (Wildman–Crippen LogP) is 2.64. The molecule has 2 rings (SSSR count). The van der Waals surface area contributed by atoms with Crippen LogP contribution in [-0.4, -0.2) is 25.1 Å². The van der Waals surface area contributed by atoms with Gasteiger partial charge in [-0.2, -0.15) is 0 Å². The van der Waals surface area contributed by atoms with E-state index in [1.807, 2.05) is 44.0 Å². The molecule has 0 saturated carbocycles. The Balaban J connectivity index is 2.43. The molecule has 4 heteroatoms. The lowest BCUT2D eigenvalue weighted by Gasteiger charge is -2.41. The van der Waals surface area contributed by atoms with Crippen molar-refractivity contribution in [1.29, 1.82) is 0 Å². The minimum atomic E-state index is -0.545. The molecule has 4 nitrogen and oxygen atoms in total. The third-order valence-corrected chi connectivity index (χ3v) is 3.46. The summed E-state index contributed by atoms with van der Waals surface area (Å²) in [5.41, 5.74) is 1.22. The zero-order valence-electron chi connectivity index (χ0n) is 11.4. The number of nitrogens with one attached hydrogen (secondary N) is 1. The van der Waals surface area contributed by atoms with Gasteiger partial charge in [-0.15, -0.1) is 0 Å². The van der Waals surface area contributed by atoms with E-state index in [9.17, 15) is 4.79 Å². The van der Waals surface area contributed by atoms with Crippen LogP contribution in [0.25, 0.3) is 0 Å². The molecule has 18 heavy (non-hydrogen) atoms. The average Bonchev–Trinajstić information content (AvgIpc) is 2.34. The third kappa shape index (κ3) is 1.92. The zero-order chi connectivity index (χ0) is 13.3. The fraction of sp³-hybridized carbons (Fsp3) is 0.500. The van der Waals surface area contributed by atoms with Crippen LogP contribution in [0.5, 0.6) is 5.75 Å². The summed E-state index contributed by atoms with van der Waals surface area (Å²) in [5, 5.41) is 2.95. The Labute approximate surface area is 108 Å². The number of fused-ring (bicyclic) bond motifs is 1. The van der Waals surface area contributed by atoms with Crippen molar-refractivity contribution in [3.05, 3.63) is 18.2 Å². The monoisotopic (exact) mass is 248 g/mol. The van der Waals surface area contributed by atoms with Crippen LogP contribution in [0.1, 0.15) is 27.2 Å². The zero-order valence-corrected chi connectivity index (χ0v) is 11.4. The molecule has 1 aromatic rings. The molecule has 1 aliphatic rings. The van der Waals surface area contributed by atoms with Gasteiger partial charge >= 0.3 is 0 Å². The molecule has 1 amide bonds. The Kier molecular flexibility index (Phi) is 3.20. The summed E-state index contributed by atoms with van der Waals surface area (Å²) >= 11 is 0. The van der Waals surface area contributed by atoms with E-state index in [1.165, 1.54) is 0 Å². The van der Waals surface area contributed by atoms with Crippen LogP contribution in [-0.2, 0) is 4.79 Å². The Morgan fingerprint density at radius 1 is 1.39 bits per heavy atom. The van der Waals surface area contributed by atoms with E-state index < -0.39 is 5.54 Å². The number of amides is 1. The van der Waals surface area contributed by atoms with E-state index in [2.05, 4.69) is 12.2 Å². The number of hydrogen-bond acceptors (Lipinski definition) is 3. The Bertz CT molecular complexity index is 469. The van der Waals surface area contributed by atoms with Gasteiger partial charge in [0.05, 0.1) is 12.3 Å². The maximum atomic E-state index is 12.1. The topological polar surface area (TPSA) is 41.6 Å². The van der Waals surface area contributed by atoms with Crippen LogP contribution in [0.15, 0.2) is 18.2 Å². The summed E-state index contributed by atoms with van der Waals surface area (Å²) in [5.74, 6) is 0.732. The van der Waals surface area contributed by atoms with Crippen LogP contribution in [0.2, 0.25) is 0 Å². The summed E-state index contributed by atoms with van der Waals surface area (Å²) in [6.45, 7) is 6.53. The fourth-order valence-corrected chi connectivity index (χ4v) is 1.98. The lowest BCUT2D eigenvalue weighted by molar-refractivity contribution is -0.120. The molecule has 0 aliphatic carbocycles. The van der Waals surface area contributed by atoms with Gasteiger partial charge < -0.3 is 15.0 Å². The number of benzene rings is 1. The maximum Gasteiger partial charge on any atom is 0.249 e. The van der Waals surface area contributed by atoms with Crippen LogP contribution in [0, 0.1) is 0 Å². The number of nitrogens with zero attached hydrogens (tertiary/aromatic N) is 1. The van der Waals surface area contributed by atoms with Crippen molar-refractivity contribution in [3.8, 4) is 5.75 Å². The minimum Gasteiger partial charge on any atom is -0.491 e. The summed E-state index contributed by atoms with van der Waals surface area (Å²) < 4.78 is 5.68. The van der Waals surface area contributed by atoms with Crippen molar-refractivity contribution in [2.45, 2.75) is 32.7 Å². The third-order valence-electron chi connectivity index (χ3n) is 3.46. The average molecular weight is 248 g/mol. The first-order valence-electron chi connectivity index (χ1n) is 6.29. The highest BCUT2D eigenvalue weighted by molar-refractivity contribution is 6.07. The highest BCUT2D eigenvalue weighted by atomic mass is 16.5. The molecular weight excluding hydrogens is 228 g/mol. The van der Waals surface area contributed by atoms with Gasteiger partial charge in [-0.05, 0) is 32.4 Å². The lowest BCUT2D eigenvalue weighted by Crippen LogP contribution is -2.54. The van der Waals surface area contributed by atoms with Crippen LogP contribution < -0.4 is 15.0 Å². The largest absolute Gasteiger partial charge is 0.491 e. The number of likely N-dealkylation sites (N-methyl/N-ethyl adjacent to an activating group) is 1. The van der Waals surface area contributed by atoms with Gasteiger partial charge in [-0.3, -0.25) is 4.79 Å². The quantitative estimate of drug-likeness (QED) is 0.894. The van der Waals surface area contributed by atoms with Gasteiger partial charge in [0.1, 0.15) is 17.0 Å². The van der Waals surface area contributed by atoms with Crippen molar-refractivity contribution in [2.75, 3.05) is 23.9 Å². The second kappa shape index (κ2) is 4.52. The number of rotatable bonds is 3. The van der Waals surface area contributed by atoms with Gasteiger partial charge in [0, 0.05) is 7.05 Å². The van der Waals surface area contributed by atoms with E-state index in [0.717, 1.165) is 23.5 Å². The summed E-state index contributed by atoms with van der Waals surface area (Å²) in [6.07, 6.45) is 0.943. The van der Waals surface area contributed by atoms with E-state index in [4.69, 9.17) is 4.74 Å². The highest BCUT2D eigenvalue weighted by Crippen LogP contribution is 2.41. The van der Waals surface area contributed by atoms with Gasteiger partial charge in [0.25, 0.3) is 0 Å². The molecule has 1 aromatic carbocycles. The van der Waals surface area contributed by atoms with Crippen LogP contribution in [0.3, 0.4) is 0 Å². The van der Waals surface area contributed by atoms with Gasteiger partial charge in [0.2, 0.25) is 5.91 Å². The molecular formula is C14H20N2O2. The van der Waals surface area contributed by atoms with Crippen molar-refractivity contribution in [3.63, 3.8) is 0 Å². The number of carbonyl (C=O) groups excluding carboxylic acids is 1. The Morgan fingerprint density at radius 2 is 2.11 bits per heavy atom. The fourth-order valence-electron chi connectivity index (χ4n) is 1.98. The molecule has 0 radical (unpaired) electrons. The van der Waals surface area contributed by atoms with Gasteiger partial charge in [-0.1, -0.05) is 13.0 Å². The van der Waals surface area contributed by atoms with Gasteiger partial charge in [-0.25, -0.2) is 0 Å². The molecule has 0 aromatic heterocycles. The molecule has 0 unspecified atom stereocenters. The van der Waals surface area contributed by atoms with Crippen LogP contribution >= 0.6 is 0 Å². The minimum absolute atomic E-state index is 0.00921. The number of carbonyl (C=O) groups is 1. The van der Waals surface area contributed by atoms with E-state index in [-0.39, 0.29) is 5.91 Å². The molecule has 1 aliphatic heterocycles. The SMILES string of the molecule is CCCOc1cccc2c1NC(=O)C(C)(C)N2C. The van der Waals surface area contributed by atoms with E-state index in [1.54, 1.807) is 0 Å². The molecule has 0 bridgehead atoms.